The summed E-state index contributed by atoms with van der Waals surface area (Å²) in [7, 11) is 3.41. The Morgan fingerprint density at radius 3 is 2.76 bits per heavy atom. The normalized spacial score (nSPS) is 20.9. The van der Waals surface area contributed by atoms with E-state index in [4.69, 9.17) is 27.9 Å². The minimum atomic E-state index is -0.471. The second-order valence-corrected chi connectivity index (χ2v) is 6.85. The number of benzene rings is 1. The highest BCUT2D eigenvalue weighted by Gasteiger charge is 2.38. The second-order valence-electron chi connectivity index (χ2n) is 4.84. The van der Waals surface area contributed by atoms with E-state index in [1.807, 2.05) is 6.20 Å². The third-order valence-corrected chi connectivity index (χ3v) is 5.08. The van der Waals surface area contributed by atoms with E-state index in [9.17, 15) is 4.79 Å². The summed E-state index contributed by atoms with van der Waals surface area (Å²) in [5.41, 5.74) is 1.94. The van der Waals surface area contributed by atoms with E-state index in [1.54, 1.807) is 24.3 Å². The van der Waals surface area contributed by atoms with Crippen molar-refractivity contribution >= 4 is 47.0 Å². The van der Waals surface area contributed by atoms with Gasteiger partial charge in [0.15, 0.2) is 5.70 Å². The summed E-state index contributed by atoms with van der Waals surface area (Å²) >= 11 is 14.3. The fourth-order valence-electron chi connectivity index (χ4n) is 2.34. The molecule has 2 rings (SSSR count). The van der Waals surface area contributed by atoms with Gasteiger partial charge >= 0.3 is 5.97 Å². The van der Waals surface area contributed by atoms with Crippen molar-refractivity contribution in [2.24, 2.45) is 0 Å². The van der Waals surface area contributed by atoms with Crippen LogP contribution in [0.15, 0.2) is 18.3 Å². The van der Waals surface area contributed by atoms with E-state index in [0.29, 0.717) is 25.1 Å². The number of carbonyl (C=O) groups is 1. The van der Waals surface area contributed by atoms with Crippen LogP contribution in [0.2, 0.25) is 10.0 Å². The molecule has 0 aliphatic carbocycles. The van der Waals surface area contributed by atoms with E-state index >= 15 is 0 Å². The first-order valence-electron chi connectivity index (χ1n) is 6.51. The molecule has 1 aromatic rings. The van der Waals surface area contributed by atoms with E-state index in [2.05, 4.69) is 18.7 Å². The van der Waals surface area contributed by atoms with Gasteiger partial charge in [0.2, 0.25) is 12.1 Å². The van der Waals surface area contributed by atoms with Crippen molar-refractivity contribution in [1.82, 2.24) is 4.72 Å². The van der Waals surface area contributed by atoms with Crippen molar-refractivity contribution < 1.29 is 13.4 Å². The van der Waals surface area contributed by atoms with Crippen LogP contribution in [-0.4, -0.2) is 30.6 Å². The number of carbonyl (C=O) groups excluding carboxylic acids is 1. The largest absolute Gasteiger partial charge is 0.465 e. The molecule has 114 valence electrons. The predicted octanol–water partition coefficient (Wildman–Crippen LogP) is 4.10. The van der Waals surface area contributed by atoms with Gasteiger partial charge in [-0.05, 0) is 18.6 Å². The highest BCUT2D eigenvalue weighted by atomic mass is 35.5. The number of esters is 1. The lowest BCUT2D eigenvalue weighted by Crippen LogP contribution is -2.33. The summed E-state index contributed by atoms with van der Waals surface area (Å²) in [6.45, 7) is 3.03. The molecule has 0 aromatic heterocycles. The van der Waals surface area contributed by atoms with Gasteiger partial charge in [0.25, 0.3) is 0 Å². The second kappa shape index (κ2) is 6.48. The molecule has 0 bridgehead atoms. The average Bonchev–Trinajstić information content (AvgIpc) is 2.80. The molecule has 7 heteroatoms. The van der Waals surface area contributed by atoms with Crippen LogP contribution in [0.1, 0.15) is 29.3 Å². The van der Waals surface area contributed by atoms with Crippen molar-refractivity contribution in [2.75, 3.05) is 20.7 Å². The van der Waals surface area contributed by atoms with Gasteiger partial charge in [-0.1, -0.05) is 30.1 Å². The van der Waals surface area contributed by atoms with Gasteiger partial charge < -0.3 is 4.74 Å². The topological polar surface area (TPSA) is 38.3 Å². The van der Waals surface area contributed by atoms with E-state index in [0.717, 1.165) is 18.7 Å². The van der Waals surface area contributed by atoms with Crippen LogP contribution in [0.25, 0.3) is 5.70 Å². The van der Waals surface area contributed by atoms with Gasteiger partial charge in [0.05, 0.1) is 48.1 Å². The van der Waals surface area contributed by atoms with Gasteiger partial charge in [-0.25, -0.2) is 8.68 Å². The number of hydrogen-bond donors (Lipinski definition) is 1. The zero-order valence-corrected chi connectivity index (χ0v) is 14.4. The van der Waals surface area contributed by atoms with Crippen LogP contribution in [0, 0.1) is 0 Å². The van der Waals surface area contributed by atoms with Crippen molar-refractivity contribution in [3.63, 3.8) is 0 Å². The molecular weight excluding hydrogens is 331 g/mol. The molecule has 0 fully saturated rings. The lowest BCUT2D eigenvalue weighted by Gasteiger charge is -2.28. The first-order valence-corrected chi connectivity index (χ1v) is 8.04. The highest BCUT2D eigenvalue weighted by Crippen LogP contribution is 2.43. The van der Waals surface area contributed by atoms with E-state index < -0.39 is 5.97 Å². The van der Waals surface area contributed by atoms with E-state index in [1.165, 1.54) is 7.11 Å². The molecule has 4 nitrogen and oxygen atoms in total. The molecular formula is C14H17Cl2N2O2S+. The number of methoxy groups -OCH3 is 1. The lowest BCUT2D eigenvalue weighted by atomic mass is 10.1. The minimum absolute atomic E-state index is 0.319. The third-order valence-electron chi connectivity index (χ3n) is 3.36. The fraction of sp³-hybridized carbons (Fsp3) is 0.357. The summed E-state index contributed by atoms with van der Waals surface area (Å²) in [6, 6.07) is 3.26. The molecule has 1 aliphatic heterocycles. The molecule has 0 saturated heterocycles. The Bertz CT molecular complexity index is 607. The standard InChI is InChI=1S/C14H17Cl2N2O2S/c1-4-7-18(2)11(8-17-21-18)12-10(15)6-5-9(13(12)16)14(19)20-3/h5-6,8,17H,4,7H2,1-3H3/q+1. The fourth-order valence-corrected chi connectivity index (χ4v) is 3.90. The SMILES string of the molecule is CCC[N+]1(C)SNC=C1c1c(Cl)ccc(C(=O)OC)c1Cl. The summed E-state index contributed by atoms with van der Waals surface area (Å²) in [6.07, 6.45) is 2.89. The van der Waals surface area contributed by atoms with E-state index in [-0.39, 0.29) is 0 Å². The van der Waals surface area contributed by atoms with Crippen molar-refractivity contribution in [1.29, 1.82) is 0 Å². The number of nitrogens with zero attached hydrogens (tertiary/aromatic N) is 1. The van der Waals surface area contributed by atoms with Gasteiger partial charge in [0, 0.05) is 0 Å². The first kappa shape index (κ1) is 16.5. The summed E-state index contributed by atoms with van der Waals surface area (Å²) in [5, 5.41) is 0.842. The maximum absolute atomic E-state index is 11.8. The maximum atomic E-state index is 11.8. The van der Waals surface area contributed by atoms with Gasteiger partial charge in [-0.2, -0.15) is 0 Å². The van der Waals surface area contributed by atoms with Crippen molar-refractivity contribution in [3.05, 3.63) is 39.5 Å². The number of rotatable bonds is 4. The Morgan fingerprint density at radius 1 is 1.43 bits per heavy atom. The van der Waals surface area contributed by atoms with Crippen molar-refractivity contribution in [2.45, 2.75) is 13.3 Å². The van der Waals surface area contributed by atoms with Gasteiger partial charge in [0.1, 0.15) is 0 Å². The quantitative estimate of drug-likeness (QED) is 0.505. The average molecular weight is 348 g/mol. The van der Waals surface area contributed by atoms with Crippen LogP contribution >= 0.6 is 35.3 Å². The molecule has 0 saturated carbocycles. The smallest absolute Gasteiger partial charge is 0.339 e. The van der Waals surface area contributed by atoms with Gasteiger partial charge in [-0.15, -0.1) is 0 Å². The Morgan fingerprint density at radius 2 is 2.14 bits per heavy atom. The summed E-state index contributed by atoms with van der Waals surface area (Å²) in [5.74, 6) is -0.471. The van der Waals surface area contributed by atoms with Gasteiger partial charge in [-0.3, -0.25) is 4.72 Å². The summed E-state index contributed by atoms with van der Waals surface area (Å²) in [4.78, 5) is 11.8. The third kappa shape index (κ3) is 3.01. The Balaban J connectivity index is 2.56. The molecule has 1 aromatic carbocycles. The number of halogens is 2. The number of hydrogen-bond acceptors (Lipinski definition) is 4. The zero-order chi connectivity index (χ0) is 15.6. The van der Waals surface area contributed by atoms with Crippen molar-refractivity contribution in [3.8, 4) is 0 Å². The summed E-state index contributed by atoms with van der Waals surface area (Å²) < 4.78 is 8.52. The Labute approximate surface area is 138 Å². The maximum Gasteiger partial charge on any atom is 0.339 e. The zero-order valence-electron chi connectivity index (χ0n) is 12.1. The molecule has 1 heterocycles. The lowest BCUT2D eigenvalue weighted by molar-refractivity contribution is -0.692. The highest BCUT2D eigenvalue weighted by molar-refractivity contribution is 7.92. The van der Waals surface area contributed by atoms with Crippen LogP contribution in [0.4, 0.5) is 0 Å². The number of quaternary nitrogens is 1. The first-order chi connectivity index (χ1) is 9.94. The Hall–Kier alpha value is -0.880. The molecule has 0 radical (unpaired) electrons. The van der Waals surface area contributed by atoms with Crippen LogP contribution < -0.4 is 4.72 Å². The van der Waals surface area contributed by atoms with Crippen LogP contribution in [-0.2, 0) is 4.74 Å². The van der Waals surface area contributed by atoms with Crippen LogP contribution in [0.5, 0.6) is 0 Å². The molecule has 0 amide bonds. The molecule has 0 spiro atoms. The number of ether oxygens (including phenoxy) is 1. The molecule has 21 heavy (non-hydrogen) atoms. The van der Waals surface area contributed by atoms with Crippen LogP contribution in [0.3, 0.4) is 0 Å². The Kier molecular flexibility index (Phi) is 5.09. The number of nitrogens with one attached hydrogen (secondary N) is 1. The molecule has 1 aliphatic rings. The molecule has 1 N–H and O–H groups in total. The predicted molar refractivity (Wildman–Crippen MR) is 87.8 cm³/mol. The molecule has 1 unspecified atom stereocenters. The minimum Gasteiger partial charge on any atom is -0.465 e. The molecule has 1 atom stereocenters. The monoisotopic (exact) mass is 347 g/mol.